The molecule has 3 aromatic carbocycles. The van der Waals surface area contributed by atoms with Gasteiger partial charge in [0.2, 0.25) is 21.8 Å². The summed E-state index contributed by atoms with van der Waals surface area (Å²) in [5.41, 5.74) is 3.82. The molecule has 0 aromatic heterocycles. The fourth-order valence-electron chi connectivity index (χ4n) is 4.36. The van der Waals surface area contributed by atoms with Crippen molar-refractivity contribution >= 4 is 27.5 Å². The van der Waals surface area contributed by atoms with Crippen molar-refractivity contribution in [1.29, 1.82) is 0 Å². The molecule has 0 aliphatic carbocycles. The fourth-order valence-corrected chi connectivity index (χ4v) is 5.26. The van der Waals surface area contributed by atoms with Crippen LogP contribution in [0, 0.1) is 13.8 Å². The Hall–Kier alpha value is -3.65. The summed E-state index contributed by atoms with van der Waals surface area (Å²) in [5, 5.41) is 3.04. The minimum atomic E-state index is -3.80. The van der Waals surface area contributed by atoms with Crippen LogP contribution in [0.3, 0.4) is 0 Å². The highest BCUT2D eigenvalue weighted by Gasteiger charge is 2.33. The van der Waals surface area contributed by atoms with Crippen molar-refractivity contribution in [2.24, 2.45) is 0 Å². The molecular formula is C31H39N3O4S. The van der Waals surface area contributed by atoms with Crippen molar-refractivity contribution in [3.8, 4) is 0 Å². The highest BCUT2D eigenvalue weighted by atomic mass is 32.2. The summed E-state index contributed by atoms with van der Waals surface area (Å²) in [6.07, 6.45) is 2.13. The van der Waals surface area contributed by atoms with E-state index in [9.17, 15) is 18.0 Å². The largest absolute Gasteiger partial charge is 0.352 e. The van der Waals surface area contributed by atoms with E-state index in [1.807, 2.05) is 100 Å². The molecule has 0 bridgehead atoms. The van der Waals surface area contributed by atoms with Crippen LogP contribution in [-0.2, 0) is 32.6 Å². The Kier molecular flexibility index (Phi) is 10.3. The molecule has 2 unspecified atom stereocenters. The number of hydrogen-bond donors (Lipinski definition) is 1. The molecule has 0 aliphatic rings. The second-order valence-corrected chi connectivity index (χ2v) is 12.0. The molecule has 0 spiro atoms. The Morgan fingerprint density at radius 3 is 2.05 bits per heavy atom. The van der Waals surface area contributed by atoms with Crippen molar-refractivity contribution < 1.29 is 18.0 Å². The molecule has 39 heavy (non-hydrogen) atoms. The minimum Gasteiger partial charge on any atom is -0.352 e. The normalized spacial score (nSPS) is 12.8. The lowest BCUT2D eigenvalue weighted by molar-refractivity contribution is -0.140. The summed E-state index contributed by atoms with van der Waals surface area (Å²) >= 11 is 0. The Morgan fingerprint density at radius 2 is 1.49 bits per heavy atom. The average Bonchev–Trinajstić information content (AvgIpc) is 2.91. The zero-order valence-corrected chi connectivity index (χ0v) is 24.2. The molecule has 0 heterocycles. The molecule has 2 atom stereocenters. The third-order valence-electron chi connectivity index (χ3n) is 6.78. The van der Waals surface area contributed by atoms with Crippen LogP contribution in [0.4, 0.5) is 5.69 Å². The van der Waals surface area contributed by atoms with E-state index in [1.165, 1.54) is 4.90 Å². The van der Waals surface area contributed by atoms with E-state index < -0.39 is 28.5 Å². The maximum Gasteiger partial charge on any atom is 0.244 e. The van der Waals surface area contributed by atoms with E-state index in [4.69, 9.17) is 0 Å². The summed E-state index contributed by atoms with van der Waals surface area (Å²) in [4.78, 5) is 29.3. The molecule has 0 fully saturated rings. The van der Waals surface area contributed by atoms with Crippen molar-refractivity contribution in [1.82, 2.24) is 10.2 Å². The van der Waals surface area contributed by atoms with E-state index >= 15 is 0 Å². The molecule has 3 rings (SSSR count). The fraction of sp³-hybridized carbons (Fsp3) is 0.355. The van der Waals surface area contributed by atoms with E-state index in [0.717, 1.165) is 39.2 Å². The Labute approximate surface area is 232 Å². The lowest BCUT2D eigenvalue weighted by Gasteiger charge is -2.34. The van der Waals surface area contributed by atoms with E-state index in [0.29, 0.717) is 12.1 Å². The molecule has 0 radical (unpaired) electrons. The number of hydrogen-bond acceptors (Lipinski definition) is 4. The van der Waals surface area contributed by atoms with Gasteiger partial charge in [0.25, 0.3) is 0 Å². The van der Waals surface area contributed by atoms with Gasteiger partial charge in [0.15, 0.2) is 0 Å². The second-order valence-electron chi connectivity index (χ2n) is 10.1. The zero-order chi connectivity index (χ0) is 28.6. The Bertz CT molecular complexity index is 1360. The zero-order valence-electron chi connectivity index (χ0n) is 23.4. The number of amides is 2. The molecule has 0 saturated heterocycles. The Balaban J connectivity index is 2.06. The first-order valence-electron chi connectivity index (χ1n) is 13.2. The van der Waals surface area contributed by atoms with Crippen LogP contribution in [0.1, 0.15) is 42.5 Å². The predicted molar refractivity (Wildman–Crippen MR) is 157 cm³/mol. The van der Waals surface area contributed by atoms with Crippen LogP contribution < -0.4 is 9.62 Å². The van der Waals surface area contributed by atoms with Gasteiger partial charge in [-0.25, -0.2) is 8.42 Å². The molecule has 0 saturated carbocycles. The van der Waals surface area contributed by atoms with Crippen LogP contribution >= 0.6 is 0 Å². The number of rotatable bonds is 12. The van der Waals surface area contributed by atoms with Crippen molar-refractivity contribution in [3.05, 3.63) is 101 Å². The van der Waals surface area contributed by atoms with Crippen LogP contribution in [-0.4, -0.2) is 50.0 Å². The van der Waals surface area contributed by atoms with Crippen molar-refractivity contribution in [2.45, 2.75) is 59.2 Å². The summed E-state index contributed by atoms with van der Waals surface area (Å²) < 4.78 is 27.1. The Morgan fingerprint density at radius 1 is 0.897 bits per heavy atom. The van der Waals surface area contributed by atoms with Gasteiger partial charge in [-0.1, -0.05) is 79.7 Å². The highest BCUT2D eigenvalue weighted by molar-refractivity contribution is 7.92. The maximum atomic E-state index is 14.1. The van der Waals surface area contributed by atoms with Crippen LogP contribution in [0.25, 0.3) is 0 Å². The lowest BCUT2D eigenvalue weighted by atomic mass is 10.0. The third kappa shape index (κ3) is 8.42. The molecule has 1 N–H and O–H groups in total. The quantitative estimate of drug-likeness (QED) is 0.357. The van der Waals surface area contributed by atoms with Gasteiger partial charge in [-0.2, -0.15) is 0 Å². The third-order valence-corrected chi connectivity index (χ3v) is 7.91. The first-order chi connectivity index (χ1) is 18.5. The summed E-state index contributed by atoms with van der Waals surface area (Å²) in [7, 11) is -3.80. The lowest BCUT2D eigenvalue weighted by Crippen LogP contribution is -2.54. The highest BCUT2D eigenvalue weighted by Crippen LogP contribution is 2.25. The summed E-state index contributed by atoms with van der Waals surface area (Å²) in [5.74, 6) is -0.722. The minimum absolute atomic E-state index is 0.0769. The van der Waals surface area contributed by atoms with E-state index in [-0.39, 0.29) is 18.5 Å². The van der Waals surface area contributed by atoms with Gasteiger partial charge >= 0.3 is 0 Å². The van der Waals surface area contributed by atoms with Crippen molar-refractivity contribution in [2.75, 3.05) is 17.1 Å². The smallest absolute Gasteiger partial charge is 0.244 e. The number of nitrogens with zero attached hydrogens (tertiary/aromatic N) is 2. The number of carbonyl (C=O) groups is 2. The predicted octanol–water partition coefficient (Wildman–Crippen LogP) is 4.62. The first-order valence-corrected chi connectivity index (χ1v) is 15.1. The number of aryl methyl sites for hydroxylation is 2. The molecule has 3 aromatic rings. The monoisotopic (exact) mass is 549 g/mol. The van der Waals surface area contributed by atoms with Crippen molar-refractivity contribution in [3.63, 3.8) is 0 Å². The van der Waals surface area contributed by atoms with Gasteiger partial charge in [-0.15, -0.1) is 0 Å². The molecule has 7 nitrogen and oxygen atoms in total. The molecule has 0 aliphatic heterocycles. The number of benzene rings is 3. The SMILES string of the molecule is CCC(C)NC(=O)C(Cc1ccccc1)N(Cc1ccccc1)C(=O)CN(c1cc(C)ccc1C)S(C)(=O)=O. The molecular weight excluding hydrogens is 510 g/mol. The average molecular weight is 550 g/mol. The van der Waals surface area contributed by atoms with Gasteiger partial charge in [0.1, 0.15) is 12.6 Å². The standard InChI is InChI=1S/C31H39N3O4S/c1-6-25(4)32-31(36)29(20-26-13-9-7-10-14-26)33(21-27-15-11-8-12-16-27)30(35)22-34(39(5,37)38)28-19-23(2)17-18-24(28)3/h7-19,25,29H,6,20-22H2,1-5H3,(H,32,36). The van der Waals surface area contributed by atoms with E-state index in [2.05, 4.69) is 5.32 Å². The van der Waals surface area contributed by atoms with Gasteiger partial charge < -0.3 is 10.2 Å². The van der Waals surface area contributed by atoms with Crippen LogP contribution in [0.2, 0.25) is 0 Å². The number of carbonyl (C=O) groups excluding carboxylic acids is 2. The number of nitrogens with one attached hydrogen (secondary N) is 1. The molecule has 2 amide bonds. The summed E-state index contributed by atoms with van der Waals surface area (Å²) in [6.45, 7) is 7.34. The van der Waals surface area contributed by atoms with Gasteiger partial charge in [0, 0.05) is 19.0 Å². The van der Waals surface area contributed by atoms with Gasteiger partial charge in [-0.05, 0) is 55.5 Å². The number of anilines is 1. The second kappa shape index (κ2) is 13.4. The molecule has 208 valence electrons. The summed E-state index contributed by atoms with van der Waals surface area (Å²) in [6, 6.07) is 23.6. The van der Waals surface area contributed by atoms with Crippen LogP contribution in [0.15, 0.2) is 78.9 Å². The first kappa shape index (κ1) is 29.9. The van der Waals surface area contributed by atoms with Gasteiger partial charge in [0.05, 0.1) is 11.9 Å². The van der Waals surface area contributed by atoms with Gasteiger partial charge in [-0.3, -0.25) is 13.9 Å². The topological polar surface area (TPSA) is 86.8 Å². The number of sulfonamides is 1. The van der Waals surface area contributed by atoms with E-state index in [1.54, 1.807) is 6.07 Å². The maximum absolute atomic E-state index is 14.1. The molecule has 8 heteroatoms. The van der Waals surface area contributed by atoms with Crippen LogP contribution in [0.5, 0.6) is 0 Å².